The minimum Gasteiger partial charge on any atom is -0.487 e. The van der Waals surface area contributed by atoms with Crippen molar-refractivity contribution < 1.29 is 14.5 Å². The zero-order valence-corrected chi connectivity index (χ0v) is 13.4. The van der Waals surface area contributed by atoms with E-state index in [1.807, 2.05) is 13.8 Å². The number of nitrogens with zero attached hydrogens (tertiary/aromatic N) is 1. The second-order valence-electron chi connectivity index (χ2n) is 4.78. The standard InChI is InChI=1S/C13H18BrN3O4/c1-8(2)16-10(13(15)18)5-6-21-12-4-3-9(14)7-11(12)17(19)20/h3-4,7-8,10,16H,5-6H2,1-2H3,(H2,15,18). The monoisotopic (exact) mass is 359 g/mol. The summed E-state index contributed by atoms with van der Waals surface area (Å²) >= 11 is 3.17. The van der Waals surface area contributed by atoms with E-state index in [-0.39, 0.29) is 24.1 Å². The molecular formula is C13H18BrN3O4. The zero-order chi connectivity index (χ0) is 16.0. The maximum absolute atomic E-state index is 11.3. The topological polar surface area (TPSA) is 107 Å². The molecule has 0 aliphatic heterocycles. The molecule has 0 saturated heterocycles. The fraction of sp³-hybridized carbons (Fsp3) is 0.462. The van der Waals surface area contributed by atoms with Gasteiger partial charge in [0.1, 0.15) is 0 Å². The van der Waals surface area contributed by atoms with Gasteiger partial charge in [0.2, 0.25) is 5.91 Å². The fourth-order valence-electron chi connectivity index (χ4n) is 1.75. The van der Waals surface area contributed by atoms with Crippen molar-refractivity contribution in [3.8, 4) is 5.75 Å². The summed E-state index contributed by atoms with van der Waals surface area (Å²) in [6.45, 7) is 3.95. The van der Waals surface area contributed by atoms with Crippen LogP contribution in [-0.4, -0.2) is 29.5 Å². The Hall–Kier alpha value is -1.67. The van der Waals surface area contributed by atoms with Gasteiger partial charge in [0.15, 0.2) is 5.75 Å². The Bertz CT molecular complexity index is 522. The molecular weight excluding hydrogens is 342 g/mol. The van der Waals surface area contributed by atoms with Gasteiger partial charge in [0.25, 0.3) is 0 Å². The van der Waals surface area contributed by atoms with Crippen molar-refractivity contribution in [2.75, 3.05) is 6.61 Å². The van der Waals surface area contributed by atoms with E-state index in [0.717, 1.165) is 0 Å². The Kier molecular flexibility index (Phi) is 6.57. The van der Waals surface area contributed by atoms with Crippen LogP contribution < -0.4 is 15.8 Å². The number of carbonyl (C=O) groups is 1. The summed E-state index contributed by atoms with van der Waals surface area (Å²) in [6, 6.07) is 4.11. The lowest BCUT2D eigenvalue weighted by molar-refractivity contribution is -0.385. The molecule has 21 heavy (non-hydrogen) atoms. The zero-order valence-electron chi connectivity index (χ0n) is 11.8. The lowest BCUT2D eigenvalue weighted by atomic mass is 10.2. The molecule has 0 saturated carbocycles. The van der Waals surface area contributed by atoms with E-state index in [0.29, 0.717) is 10.9 Å². The number of primary amides is 1. The van der Waals surface area contributed by atoms with Crippen LogP contribution in [0.15, 0.2) is 22.7 Å². The average Bonchev–Trinajstić information content (AvgIpc) is 2.38. The highest BCUT2D eigenvalue weighted by molar-refractivity contribution is 9.10. The van der Waals surface area contributed by atoms with Crippen LogP contribution in [-0.2, 0) is 4.79 Å². The molecule has 1 aromatic carbocycles. The van der Waals surface area contributed by atoms with Crippen molar-refractivity contribution >= 4 is 27.5 Å². The van der Waals surface area contributed by atoms with Crippen molar-refractivity contribution in [3.05, 3.63) is 32.8 Å². The molecule has 116 valence electrons. The highest BCUT2D eigenvalue weighted by Gasteiger charge is 2.19. The number of ether oxygens (including phenoxy) is 1. The third-order valence-corrected chi connectivity index (χ3v) is 3.15. The quantitative estimate of drug-likeness (QED) is 0.544. The van der Waals surface area contributed by atoms with Crippen LogP contribution >= 0.6 is 15.9 Å². The van der Waals surface area contributed by atoms with Gasteiger partial charge in [-0.25, -0.2) is 0 Å². The van der Waals surface area contributed by atoms with Gasteiger partial charge in [-0.2, -0.15) is 0 Å². The van der Waals surface area contributed by atoms with E-state index < -0.39 is 16.9 Å². The summed E-state index contributed by atoms with van der Waals surface area (Å²) in [5.74, 6) is -0.312. The molecule has 1 aromatic rings. The van der Waals surface area contributed by atoms with Crippen LogP contribution in [0, 0.1) is 10.1 Å². The maximum Gasteiger partial charge on any atom is 0.312 e. The minimum atomic E-state index is -0.528. The van der Waals surface area contributed by atoms with Gasteiger partial charge in [0.05, 0.1) is 17.6 Å². The molecule has 0 heterocycles. The summed E-state index contributed by atoms with van der Waals surface area (Å²) in [4.78, 5) is 21.7. The van der Waals surface area contributed by atoms with Crippen molar-refractivity contribution in [1.82, 2.24) is 5.32 Å². The van der Waals surface area contributed by atoms with Crippen molar-refractivity contribution in [2.45, 2.75) is 32.4 Å². The first-order valence-corrected chi connectivity index (χ1v) is 7.22. The van der Waals surface area contributed by atoms with Gasteiger partial charge in [-0.1, -0.05) is 29.8 Å². The highest BCUT2D eigenvalue weighted by Crippen LogP contribution is 2.30. The van der Waals surface area contributed by atoms with Crippen LogP contribution in [0.3, 0.4) is 0 Å². The number of nitrogens with one attached hydrogen (secondary N) is 1. The predicted octanol–water partition coefficient (Wildman–Crippen LogP) is 1.98. The predicted molar refractivity (Wildman–Crippen MR) is 82.2 cm³/mol. The van der Waals surface area contributed by atoms with Crippen LogP contribution in [0.25, 0.3) is 0 Å². The van der Waals surface area contributed by atoms with Gasteiger partial charge >= 0.3 is 5.69 Å². The highest BCUT2D eigenvalue weighted by atomic mass is 79.9. The molecule has 1 unspecified atom stereocenters. The van der Waals surface area contributed by atoms with Gasteiger partial charge in [-0.15, -0.1) is 0 Å². The number of nitro groups is 1. The maximum atomic E-state index is 11.3. The summed E-state index contributed by atoms with van der Waals surface area (Å²) in [5, 5.41) is 14.0. The molecule has 7 nitrogen and oxygen atoms in total. The minimum absolute atomic E-state index is 0.101. The number of benzene rings is 1. The smallest absolute Gasteiger partial charge is 0.312 e. The summed E-state index contributed by atoms with van der Waals surface area (Å²) in [5.41, 5.74) is 5.16. The Morgan fingerprint density at radius 3 is 2.71 bits per heavy atom. The Balaban J connectivity index is 2.66. The number of amides is 1. The first-order chi connectivity index (χ1) is 9.81. The van der Waals surface area contributed by atoms with Crippen LogP contribution in [0.1, 0.15) is 20.3 Å². The molecule has 1 amide bonds. The molecule has 0 fully saturated rings. The molecule has 0 aliphatic rings. The Morgan fingerprint density at radius 2 is 2.19 bits per heavy atom. The first kappa shape index (κ1) is 17.4. The SMILES string of the molecule is CC(C)NC(CCOc1ccc(Br)cc1[N+](=O)[O-])C(N)=O. The van der Waals surface area contributed by atoms with E-state index in [2.05, 4.69) is 21.2 Å². The number of hydrogen-bond donors (Lipinski definition) is 2. The van der Waals surface area contributed by atoms with E-state index >= 15 is 0 Å². The number of halogens is 1. The summed E-state index contributed by atoms with van der Waals surface area (Å²) in [7, 11) is 0. The number of carbonyl (C=O) groups excluding carboxylic acids is 1. The lowest BCUT2D eigenvalue weighted by Crippen LogP contribution is -2.45. The van der Waals surface area contributed by atoms with Crippen molar-refractivity contribution in [2.24, 2.45) is 5.73 Å². The van der Waals surface area contributed by atoms with Crippen LogP contribution in [0.4, 0.5) is 5.69 Å². The number of rotatable bonds is 8. The van der Waals surface area contributed by atoms with E-state index in [4.69, 9.17) is 10.5 Å². The van der Waals surface area contributed by atoms with E-state index in [1.165, 1.54) is 12.1 Å². The number of hydrogen-bond acceptors (Lipinski definition) is 5. The Morgan fingerprint density at radius 1 is 1.52 bits per heavy atom. The fourth-order valence-corrected chi connectivity index (χ4v) is 2.10. The second-order valence-corrected chi connectivity index (χ2v) is 5.70. The molecule has 0 radical (unpaired) electrons. The van der Waals surface area contributed by atoms with Crippen molar-refractivity contribution in [1.29, 1.82) is 0 Å². The normalized spacial score (nSPS) is 12.2. The molecule has 0 aromatic heterocycles. The largest absolute Gasteiger partial charge is 0.487 e. The molecule has 8 heteroatoms. The van der Waals surface area contributed by atoms with Crippen molar-refractivity contribution in [3.63, 3.8) is 0 Å². The molecule has 3 N–H and O–H groups in total. The van der Waals surface area contributed by atoms with Gasteiger partial charge < -0.3 is 15.8 Å². The first-order valence-electron chi connectivity index (χ1n) is 6.43. The number of nitrogens with two attached hydrogens (primary N) is 1. The van der Waals surface area contributed by atoms with Crippen LogP contribution in [0.2, 0.25) is 0 Å². The van der Waals surface area contributed by atoms with E-state index in [1.54, 1.807) is 6.07 Å². The molecule has 1 rings (SSSR count). The average molecular weight is 360 g/mol. The van der Waals surface area contributed by atoms with Gasteiger partial charge in [0, 0.05) is 23.0 Å². The van der Waals surface area contributed by atoms with E-state index in [9.17, 15) is 14.9 Å². The lowest BCUT2D eigenvalue weighted by Gasteiger charge is -2.18. The van der Waals surface area contributed by atoms with Gasteiger partial charge in [-0.05, 0) is 12.1 Å². The molecule has 1 atom stereocenters. The van der Waals surface area contributed by atoms with Gasteiger partial charge in [-0.3, -0.25) is 14.9 Å². The third kappa shape index (κ3) is 5.68. The second kappa shape index (κ2) is 7.94. The molecule has 0 aliphatic carbocycles. The molecule has 0 spiro atoms. The molecule has 0 bridgehead atoms. The summed E-state index contributed by atoms with van der Waals surface area (Å²) in [6.07, 6.45) is 0.334. The van der Waals surface area contributed by atoms with Crippen LogP contribution in [0.5, 0.6) is 5.75 Å². The number of nitro benzene ring substituents is 1. The Labute approximate surface area is 131 Å². The summed E-state index contributed by atoms with van der Waals surface area (Å²) < 4.78 is 6.00. The third-order valence-electron chi connectivity index (χ3n) is 2.66.